The second-order valence-corrected chi connectivity index (χ2v) is 5.84. The number of hydrogen-bond acceptors (Lipinski definition) is 5. The van der Waals surface area contributed by atoms with Gasteiger partial charge in [0.25, 0.3) is 0 Å². The number of esters is 1. The lowest BCUT2D eigenvalue weighted by Crippen LogP contribution is -2.39. The number of nitrogens with one attached hydrogen (secondary N) is 1. The van der Waals surface area contributed by atoms with Crippen LogP contribution in [0.4, 0.5) is 4.39 Å². The van der Waals surface area contributed by atoms with Crippen LogP contribution in [0.15, 0.2) is 60.8 Å². The van der Waals surface area contributed by atoms with Gasteiger partial charge in [0.2, 0.25) is 0 Å². The molecule has 26 heavy (non-hydrogen) atoms. The third-order valence-electron chi connectivity index (χ3n) is 4.17. The van der Waals surface area contributed by atoms with Crippen molar-refractivity contribution in [1.82, 2.24) is 5.32 Å². The zero-order chi connectivity index (χ0) is 18.5. The lowest BCUT2D eigenvalue weighted by molar-refractivity contribution is -0.153. The monoisotopic (exact) mass is 355 g/mol. The smallest absolute Gasteiger partial charge is 0.319 e. The van der Waals surface area contributed by atoms with Gasteiger partial charge in [-0.15, -0.1) is 0 Å². The normalized spacial score (nSPS) is 18.9. The highest BCUT2D eigenvalue weighted by molar-refractivity contribution is 6.06. The fraction of sp³-hybridized carbons (Fsp3) is 0.200. The van der Waals surface area contributed by atoms with Crippen LogP contribution in [0.2, 0.25) is 0 Å². The predicted molar refractivity (Wildman–Crippen MR) is 92.7 cm³/mol. The number of carbonyl (C=O) groups is 2. The maximum atomic E-state index is 13.5. The Morgan fingerprint density at radius 3 is 2.69 bits per heavy atom. The van der Waals surface area contributed by atoms with Gasteiger partial charge >= 0.3 is 5.97 Å². The summed E-state index contributed by atoms with van der Waals surface area (Å²) in [4.78, 5) is 25.0. The third-order valence-corrected chi connectivity index (χ3v) is 4.17. The van der Waals surface area contributed by atoms with E-state index in [0.29, 0.717) is 5.56 Å². The largest absolute Gasteiger partial charge is 0.496 e. The van der Waals surface area contributed by atoms with Gasteiger partial charge in [-0.05, 0) is 17.7 Å². The average Bonchev–Trinajstić information content (AvgIpc) is 2.66. The fourth-order valence-electron chi connectivity index (χ4n) is 2.88. The van der Waals surface area contributed by atoms with Gasteiger partial charge in [-0.25, -0.2) is 4.39 Å². The zero-order valence-electron chi connectivity index (χ0n) is 14.1. The van der Waals surface area contributed by atoms with Crippen molar-refractivity contribution < 1.29 is 23.5 Å². The van der Waals surface area contributed by atoms with E-state index in [1.54, 1.807) is 0 Å². The molecule has 0 amide bonds. The average molecular weight is 355 g/mol. The minimum absolute atomic E-state index is 0.0699. The first-order chi connectivity index (χ1) is 12.6. The highest BCUT2D eigenvalue weighted by atomic mass is 19.1. The minimum Gasteiger partial charge on any atom is -0.496 e. The highest BCUT2D eigenvalue weighted by Gasteiger charge is 2.39. The minimum atomic E-state index is -1.08. The summed E-state index contributed by atoms with van der Waals surface area (Å²) in [6.45, 7) is 0.0699. The Hall–Kier alpha value is -3.15. The van der Waals surface area contributed by atoms with Crippen molar-refractivity contribution in [2.45, 2.75) is 12.6 Å². The van der Waals surface area contributed by atoms with Gasteiger partial charge in [0.15, 0.2) is 5.78 Å². The molecule has 0 bridgehead atoms. The Morgan fingerprint density at radius 2 is 1.96 bits per heavy atom. The van der Waals surface area contributed by atoms with Crippen molar-refractivity contribution >= 4 is 11.8 Å². The standard InChI is InChI=1S/C20H18FNO4/c1-25-17-11-14(21)7-8-15(17)19-18(16(23)9-10-22-19)20(24)26-12-13-5-3-2-4-6-13/h2-11,18-19,22H,12H2,1H3. The number of methoxy groups -OCH3 is 1. The topological polar surface area (TPSA) is 64.6 Å². The van der Waals surface area contributed by atoms with E-state index in [1.807, 2.05) is 30.3 Å². The van der Waals surface area contributed by atoms with E-state index in [2.05, 4.69) is 5.32 Å². The Morgan fingerprint density at radius 1 is 1.19 bits per heavy atom. The van der Waals surface area contributed by atoms with Crippen molar-refractivity contribution in [3.8, 4) is 5.75 Å². The molecule has 0 radical (unpaired) electrons. The number of carbonyl (C=O) groups excluding carboxylic acids is 2. The summed E-state index contributed by atoms with van der Waals surface area (Å²) < 4.78 is 24.0. The van der Waals surface area contributed by atoms with Gasteiger partial charge < -0.3 is 14.8 Å². The maximum Gasteiger partial charge on any atom is 0.319 e. The number of ketones is 1. The number of halogens is 1. The maximum absolute atomic E-state index is 13.5. The first-order valence-corrected chi connectivity index (χ1v) is 8.10. The molecule has 0 aliphatic carbocycles. The summed E-state index contributed by atoms with van der Waals surface area (Å²) >= 11 is 0. The predicted octanol–water partition coefficient (Wildman–Crippen LogP) is 2.92. The van der Waals surface area contributed by atoms with Crippen LogP contribution in [0, 0.1) is 11.7 Å². The van der Waals surface area contributed by atoms with E-state index < -0.39 is 23.7 Å². The summed E-state index contributed by atoms with van der Waals surface area (Å²) in [5.41, 5.74) is 1.33. The lowest BCUT2D eigenvalue weighted by atomic mass is 9.87. The molecule has 5 nitrogen and oxygen atoms in total. The van der Waals surface area contributed by atoms with Crippen molar-refractivity contribution in [3.63, 3.8) is 0 Å². The second-order valence-electron chi connectivity index (χ2n) is 5.84. The molecular weight excluding hydrogens is 337 g/mol. The SMILES string of the molecule is COc1cc(F)ccc1C1NC=CC(=O)C1C(=O)OCc1ccccc1. The summed E-state index contributed by atoms with van der Waals surface area (Å²) in [5.74, 6) is -2.31. The molecule has 1 heterocycles. The number of benzene rings is 2. The molecular formula is C20H18FNO4. The summed E-state index contributed by atoms with van der Waals surface area (Å²) in [7, 11) is 1.40. The Balaban J connectivity index is 1.84. The van der Waals surface area contributed by atoms with Gasteiger partial charge in [0, 0.05) is 17.8 Å². The summed E-state index contributed by atoms with van der Waals surface area (Å²) in [5, 5.41) is 2.98. The first kappa shape index (κ1) is 17.7. The van der Waals surface area contributed by atoms with Crippen LogP contribution in [-0.2, 0) is 20.9 Å². The van der Waals surface area contributed by atoms with E-state index in [0.717, 1.165) is 5.56 Å². The van der Waals surface area contributed by atoms with Crippen molar-refractivity contribution in [2.24, 2.45) is 5.92 Å². The number of hydrogen-bond donors (Lipinski definition) is 1. The molecule has 1 N–H and O–H groups in total. The molecule has 1 aliphatic rings. The molecule has 0 spiro atoms. The van der Waals surface area contributed by atoms with E-state index >= 15 is 0 Å². The Kier molecular flexibility index (Phi) is 5.31. The molecule has 2 aromatic rings. The highest BCUT2D eigenvalue weighted by Crippen LogP contribution is 2.34. The molecule has 3 rings (SSSR count). The van der Waals surface area contributed by atoms with Crippen LogP contribution >= 0.6 is 0 Å². The Bertz CT molecular complexity index is 835. The van der Waals surface area contributed by atoms with Crippen LogP contribution in [-0.4, -0.2) is 18.9 Å². The molecule has 0 fully saturated rings. The molecule has 134 valence electrons. The van der Waals surface area contributed by atoms with Crippen LogP contribution in [0.3, 0.4) is 0 Å². The molecule has 6 heteroatoms. The molecule has 2 atom stereocenters. The zero-order valence-corrected chi connectivity index (χ0v) is 14.1. The second kappa shape index (κ2) is 7.82. The van der Waals surface area contributed by atoms with Gasteiger partial charge in [-0.2, -0.15) is 0 Å². The van der Waals surface area contributed by atoms with Crippen molar-refractivity contribution in [2.75, 3.05) is 7.11 Å². The number of ether oxygens (including phenoxy) is 2. The lowest BCUT2D eigenvalue weighted by Gasteiger charge is -2.28. The van der Waals surface area contributed by atoms with Crippen molar-refractivity contribution in [3.05, 3.63) is 77.8 Å². The van der Waals surface area contributed by atoms with Crippen LogP contribution in [0.1, 0.15) is 17.2 Å². The van der Waals surface area contributed by atoms with Crippen LogP contribution in [0.5, 0.6) is 5.75 Å². The van der Waals surface area contributed by atoms with E-state index in [4.69, 9.17) is 9.47 Å². The molecule has 1 aliphatic heterocycles. The first-order valence-electron chi connectivity index (χ1n) is 8.10. The number of allylic oxidation sites excluding steroid dienone is 1. The van der Waals surface area contributed by atoms with Crippen LogP contribution in [0.25, 0.3) is 0 Å². The summed E-state index contributed by atoms with van der Waals surface area (Å²) in [6.07, 6.45) is 2.76. The van der Waals surface area contributed by atoms with E-state index in [-0.39, 0.29) is 18.1 Å². The Labute approximate surface area is 150 Å². The molecule has 0 aromatic heterocycles. The van der Waals surface area contributed by atoms with Crippen molar-refractivity contribution in [1.29, 1.82) is 0 Å². The van der Waals surface area contributed by atoms with Crippen LogP contribution < -0.4 is 10.1 Å². The molecule has 2 aromatic carbocycles. The van der Waals surface area contributed by atoms with Gasteiger partial charge in [-0.3, -0.25) is 9.59 Å². The molecule has 0 saturated heterocycles. The summed E-state index contributed by atoms with van der Waals surface area (Å²) in [6, 6.07) is 12.5. The van der Waals surface area contributed by atoms with Gasteiger partial charge in [0.1, 0.15) is 24.1 Å². The van der Waals surface area contributed by atoms with E-state index in [9.17, 15) is 14.0 Å². The number of rotatable bonds is 5. The molecule has 2 unspecified atom stereocenters. The van der Waals surface area contributed by atoms with E-state index in [1.165, 1.54) is 37.6 Å². The van der Waals surface area contributed by atoms with Gasteiger partial charge in [0.05, 0.1) is 13.2 Å². The fourth-order valence-corrected chi connectivity index (χ4v) is 2.88. The molecule has 0 saturated carbocycles. The third kappa shape index (κ3) is 3.74. The quantitative estimate of drug-likeness (QED) is 0.660. The van der Waals surface area contributed by atoms with Gasteiger partial charge in [-0.1, -0.05) is 36.4 Å².